The largest absolute Gasteiger partial charge is 0.388 e. The van der Waals surface area contributed by atoms with Gasteiger partial charge in [-0.3, -0.25) is 0 Å². The molecule has 0 saturated heterocycles. The van der Waals surface area contributed by atoms with Crippen molar-refractivity contribution >= 4 is 24.0 Å². The van der Waals surface area contributed by atoms with Gasteiger partial charge in [0.05, 0.1) is 5.60 Å². The molecule has 0 saturated carbocycles. The van der Waals surface area contributed by atoms with E-state index in [2.05, 4.69) is 0 Å². The van der Waals surface area contributed by atoms with Crippen LogP contribution in [0.1, 0.15) is 40.0 Å². The molecule has 0 fully saturated rings. The second-order valence-electron chi connectivity index (χ2n) is 2.83. The number of halogens is 1. The van der Waals surface area contributed by atoms with Gasteiger partial charge in [-0.15, -0.1) is 24.0 Å². The van der Waals surface area contributed by atoms with Gasteiger partial charge >= 0.3 is 0 Å². The van der Waals surface area contributed by atoms with Gasteiger partial charge in [0.25, 0.3) is 0 Å². The molecule has 0 aromatic rings. The van der Waals surface area contributed by atoms with Crippen molar-refractivity contribution < 1.29 is 5.11 Å². The van der Waals surface area contributed by atoms with Crippen molar-refractivity contribution in [2.45, 2.75) is 51.7 Å². The van der Waals surface area contributed by atoms with Crippen molar-refractivity contribution in [1.29, 1.82) is 0 Å². The number of hydrogen-bond acceptors (Lipinski definition) is 2. The number of hydrogen-bond donors (Lipinski definition) is 2. The monoisotopic (exact) mass is 273 g/mol. The van der Waals surface area contributed by atoms with Crippen LogP contribution in [0.2, 0.25) is 0 Å². The van der Waals surface area contributed by atoms with Gasteiger partial charge in [0.1, 0.15) is 0 Å². The summed E-state index contributed by atoms with van der Waals surface area (Å²) in [5.74, 6) is 0. The second-order valence-corrected chi connectivity index (χ2v) is 2.83. The van der Waals surface area contributed by atoms with Crippen LogP contribution in [0.3, 0.4) is 0 Å². The van der Waals surface area contributed by atoms with Gasteiger partial charge in [0, 0.05) is 6.04 Å². The molecule has 1 atom stereocenters. The van der Waals surface area contributed by atoms with Crippen LogP contribution in [0.5, 0.6) is 0 Å². The highest BCUT2D eigenvalue weighted by atomic mass is 127. The van der Waals surface area contributed by atoms with E-state index >= 15 is 0 Å². The third-order valence-electron chi connectivity index (χ3n) is 2.35. The third kappa shape index (κ3) is 3.71. The number of aliphatic hydroxyl groups is 1. The van der Waals surface area contributed by atoms with Crippen LogP contribution in [-0.2, 0) is 0 Å². The SMILES string of the molecule is CCC(N)C(O)(CC)CC.I. The lowest BCUT2D eigenvalue weighted by molar-refractivity contribution is 0.00543. The van der Waals surface area contributed by atoms with Crippen molar-refractivity contribution in [2.75, 3.05) is 0 Å². The highest BCUT2D eigenvalue weighted by Crippen LogP contribution is 2.19. The first-order valence-corrected chi connectivity index (χ1v) is 4.08. The van der Waals surface area contributed by atoms with Crippen LogP contribution in [0.25, 0.3) is 0 Å². The maximum atomic E-state index is 9.77. The standard InChI is InChI=1S/C8H19NO.HI/c1-4-7(9)8(10,5-2)6-3;/h7,10H,4-6,9H2,1-3H3;1H. The van der Waals surface area contributed by atoms with E-state index in [1.807, 2.05) is 20.8 Å². The molecular formula is C8H20INO. The molecule has 11 heavy (non-hydrogen) atoms. The molecule has 0 heterocycles. The molecule has 1 unspecified atom stereocenters. The van der Waals surface area contributed by atoms with E-state index in [1.165, 1.54) is 0 Å². The van der Waals surface area contributed by atoms with E-state index < -0.39 is 5.60 Å². The zero-order valence-corrected chi connectivity index (χ0v) is 9.96. The van der Waals surface area contributed by atoms with Crippen LogP contribution in [-0.4, -0.2) is 16.7 Å². The molecule has 0 aliphatic rings. The Labute approximate surface area is 86.6 Å². The van der Waals surface area contributed by atoms with Crippen LogP contribution >= 0.6 is 24.0 Å². The molecule has 0 bridgehead atoms. The Morgan fingerprint density at radius 2 is 1.64 bits per heavy atom. The summed E-state index contributed by atoms with van der Waals surface area (Å²) < 4.78 is 0. The molecule has 0 radical (unpaired) electrons. The number of rotatable bonds is 4. The average molecular weight is 273 g/mol. The van der Waals surface area contributed by atoms with Gasteiger partial charge < -0.3 is 10.8 Å². The first-order chi connectivity index (χ1) is 4.60. The third-order valence-corrected chi connectivity index (χ3v) is 2.35. The molecule has 0 aliphatic carbocycles. The summed E-state index contributed by atoms with van der Waals surface area (Å²) in [6.07, 6.45) is 2.34. The van der Waals surface area contributed by atoms with Gasteiger partial charge in [-0.05, 0) is 19.3 Å². The molecule has 0 aromatic heterocycles. The van der Waals surface area contributed by atoms with E-state index in [9.17, 15) is 5.11 Å². The molecule has 3 heteroatoms. The summed E-state index contributed by atoms with van der Waals surface area (Å²) in [6, 6.07) is -0.0671. The van der Waals surface area contributed by atoms with Crippen LogP contribution in [0, 0.1) is 0 Å². The minimum atomic E-state index is -0.630. The fourth-order valence-corrected chi connectivity index (χ4v) is 1.15. The zero-order chi connectivity index (χ0) is 8.20. The molecule has 0 aliphatic heterocycles. The van der Waals surface area contributed by atoms with Gasteiger partial charge in [0.2, 0.25) is 0 Å². The summed E-state index contributed by atoms with van der Waals surface area (Å²) in [5, 5.41) is 9.77. The summed E-state index contributed by atoms with van der Waals surface area (Å²) in [6.45, 7) is 5.94. The fourth-order valence-electron chi connectivity index (χ4n) is 1.15. The minimum absolute atomic E-state index is 0. The Morgan fingerprint density at radius 1 is 1.27 bits per heavy atom. The second kappa shape index (κ2) is 6.20. The molecular weight excluding hydrogens is 253 g/mol. The van der Waals surface area contributed by atoms with Crippen molar-refractivity contribution in [3.05, 3.63) is 0 Å². The van der Waals surface area contributed by atoms with E-state index in [0.29, 0.717) is 0 Å². The Morgan fingerprint density at radius 3 is 1.73 bits per heavy atom. The smallest absolute Gasteiger partial charge is 0.0792 e. The minimum Gasteiger partial charge on any atom is -0.388 e. The molecule has 2 nitrogen and oxygen atoms in total. The Kier molecular flexibility index (Phi) is 7.99. The Bertz CT molecular complexity index is 94.1. The fraction of sp³-hybridized carbons (Fsp3) is 1.00. The van der Waals surface area contributed by atoms with Crippen molar-refractivity contribution in [2.24, 2.45) is 5.73 Å². The van der Waals surface area contributed by atoms with Crippen LogP contribution < -0.4 is 5.73 Å². The quantitative estimate of drug-likeness (QED) is 0.768. The normalized spacial score (nSPS) is 13.9. The lowest BCUT2D eigenvalue weighted by Gasteiger charge is -2.31. The maximum Gasteiger partial charge on any atom is 0.0792 e. The molecule has 0 spiro atoms. The Balaban J connectivity index is 0. The highest BCUT2D eigenvalue weighted by molar-refractivity contribution is 14.0. The van der Waals surface area contributed by atoms with E-state index in [1.54, 1.807) is 0 Å². The molecule has 70 valence electrons. The highest BCUT2D eigenvalue weighted by Gasteiger charge is 2.28. The predicted molar refractivity (Wildman–Crippen MR) is 59.2 cm³/mol. The zero-order valence-electron chi connectivity index (χ0n) is 7.63. The van der Waals surface area contributed by atoms with Crippen LogP contribution in [0.15, 0.2) is 0 Å². The average Bonchev–Trinajstić information content (AvgIpc) is 2.01. The molecule has 0 amide bonds. The van der Waals surface area contributed by atoms with Crippen LogP contribution in [0.4, 0.5) is 0 Å². The maximum absolute atomic E-state index is 9.77. The van der Waals surface area contributed by atoms with Gasteiger partial charge in [-0.25, -0.2) is 0 Å². The topological polar surface area (TPSA) is 46.2 Å². The lowest BCUT2D eigenvalue weighted by atomic mass is 9.88. The van der Waals surface area contributed by atoms with E-state index in [4.69, 9.17) is 5.73 Å². The van der Waals surface area contributed by atoms with Crippen molar-refractivity contribution in [1.82, 2.24) is 0 Å². The van der Waals surface area contributed by atoms with Crippen molar-refractivity contribution in [3.63, 3.8) is 0 Å². The van der Waals surface area contributed by atoms with E-state index in [0.717, 1.165) is 19.3 Å². The summed E-state index contributed by atoms with van der Waals surface area (Å²) in [7, 11) is 0. The summed E-state index contributed by atoms with van der Waals surface area (Å²) in [4.78, 5) is 0. The van der Waals surface area contributed by atoms with Gasteiger partial charge in [-0.2, -0.15) is 0 Å². The summed E-state index contributed by atoms with van der Waals surface area (Å²) >= 11 is 0. The molecule has 0 aromatic carbocycles. The first-order valence-electron chi connectivity index (χ1n) is 4.08. The Hall–Kier alpha value is 0.650. The van der Waals surface area contributed by atoms with Gasteiger partial charge in [-0.1, -0.05) is 20.8 Å². The van der Waals surface area contributed by atoms with Crippen molar-refractivity contribution in [3.8, 4) is 0 Å². The molecule has 0 rings (SSSR count). The first kappa shape index (κ1) is 14.2. The molecule has 3 N–H and O–H groups in total. The lowest BCUT2D eigenvalue weighted by Crippen LogP contribution is -2.46. The number of nitrogens with two attached hydrogens (primary N) is 1. The predicted octanol–water partition coefficient (Wildman–Crippen LogP) is 1.89. The van der Waals surface area contributed by atoms with Gasteiger partial charge in [0.15, 0.2) is 0 Å². The summed E-state index contributed by atoms with van der Waals surface area (Å²) in [5.41, 5.74) is 5.09. The van der Waals surface area contributed by atoms with E-state index in [-0.39, 0.29) is 30.0 Å².